The number of pyridine rings is 1. The third kappa shape index (κ3) is 3.54. The van der Waals surface area contributed by atoms with Crippen molar-refractivity contribution >= 4 is 0 Å². The zero-order chi connectivity index (χ0) is 17.9. The number of fused-ring (bicyclic) bond motifs is 1. The molecule has 4 rings (SSSR count). The summed E-state index contributed by atoms with van der Waals surface area (Å²) in [5, 5.41) is 4.11. The van der Waals surface area contributed by atoms with Gasteiger partial charge in [-0.3, -0.25) is 0 Å². The summed E-state index contributed by atoms with van der Waals surface area (Å²) in [6, 6.07) is 10.1. The van der Waals surface area contributed by atoms with Crippen molar-refractivity contribution in [1.82, 2.24) is 15.1 Å². The van der Waals surface area contributed by atoms with Crippen LogP contribution in [-0.2, 0) is 19.3 Å². The lowest BCUT2D eigenvalue weighted by atomic mass is 10.0. The summed E-state index contributed by atoms with van der Waals surface area (Å²) in [6.45, 7) is 4.69. The van der Waals surface area contributed by atoms with Crippen LogP contribution in [0.5, 0.6) is 11.6 Å². The first-order valence-corrected chi connectivity index (χ1v) is 8.88. The summed E-state index contributed by atoms with van der Waals surface area (Å²) in [4.78, 5) is 8.78. The summed E-state index contributed by atoms with van der Waals surface area (Å²) in [6.07, 6.45) is 4.26. The average molecular weight is 351 g/mol. The van der Waals surface area contributed by atoms with E-state index in [1.807, 2.05) is 32.0 Å². The molecule has 6 nitrogen and oxygen atoms in total. The van der Waals surface area contributed by atoms with Gasteiger partial charge in [0.1, 0.15) is 11.3 Å². The Kier molecular flexibility index (Phi) is 4.56. The highest BCUT2D eigenvalue weighted by atomic mass is 16.5. The molecule has 0 spiro atoms. The highest BCUT2D eigenvalue weighted by Crippen LogP contribution is 2.28. The van der Waals surface area contributed by atoms with Gasteiger partial charge in [-0.15, -0.1) is 0 Å². The Morgan fingerprint density at radius 3 is 3.00 bits per heavy atom. The maximum atomic E-state index is 5.73. The van der Waals surface area contributed by atoms with Crippen molar-refractivity contribution in [3.05, 3.63) is 53.5 Å². The summed E-state index contributed by atoms with van der Waals surface area (Å²) in [7, 11) is 0. The number of rotatable bonds is 6. The van der Waals surface area contributed by atoms with Gasteiger partial charge in [-0.05, 0) is 49.6 Å². The van der Waals surface area contributed by atoms with E-state index in [2.05, 4.69) is 27.3 Å². The maximum absolute atomic E-state index is 5.73. The number of benzene rings is 1. The lowest BCUT2D eigenvalue weighted by Crippen LogP contribution is -2.07. The fourth-order valence-electron chi connectivity index (χ4n) is 2.99. The van der Waals surface area contributed by atoms with Crippen LogP contribution in [0.3, 0.4) is 0 Å². The highest BCUT2D eigenvalue weighted by Gasteiger charge is 2.16. The van der Waals surface area contributed by atoms with Crippen LogP contribution in [0.1, 0.15) is 30.8 Å². The number of nitrogens with zero attached hydrogens (tertiary/aromatic N) is 3. The second-order valence-electron chi connectivity index (χ2n) is 6.58. The SMILES string of the molecule is CC(C)Oc1ncccc1-c1nc(CCc2ccc3c(c2)CCO3)no1. The van der Waals surface area contributed by atoms with Crippen molar-refractivity contribution in [2.24, 2.45) is 0 Å². The van der Waals surface area contributed by atoms with Crippen LogP contribution in [0.2, 0.25) is 0 Å². The predicted molar refractivity (Wildman–Crippen MR) is 96.3 cm³/mol. The van der Waals surface area contributed by atoms with E-state index in [0.29, 0.717) is 24.0 Å². The first-order valence-electron chi connectivity index (χ1n) is 8.88. The molecular weight excluding hydrogens is 330 g/mol. The average Bonchev–Trinajstić information content (AvgIpc) is 3.29. The predicted octanol–water partition coefficient (Wildman–Crippen LogP) is 3.64. The van der Waals surface area contributed by atoms with Crippen molar-refractivity contribution < 1.29 is 14.0 Å². The molecule has 2 aromatic heterocycles. The molecule has 0 N–H and O–H groups in total. The van der Waals surface area contributed by atoms with Crippen LogP contribution in [-0.4, -0.2) is 27.8 Å². The fourth-order valence-corrected chi connectivity index (χ4v) is 2.99. The molecule has 26 heavy (non-hydrogen) atoms. The van der Waals surface area contributed by atoms with Crippen molar-refractivity contribution in [3.8, 4) is 23.1 Å². The zero-order valence-electron chi connectivity index (χ0n) is 14.9. The molecule has 0 unspecified atom stereocenters. The molecule has 3 heterocycles. The van der Waals surface area contributed by atoms with Crippen LogP contribution >= 0.6 is 0 Å². The Morgan fingerprint density at radius 2 is 2.12 bits per heavy atom. The van der Waals surface area contributed by atoms with E-state index < -0.39 is 0 Å². The molecule has 0 atom stereocenters. The smallest absolute Gasteiger partial charge is 0.263 e. The lowest BCUT2D eigenvalue weighted by molar-refractivity contribution is 0.233. The van der Waals surface area contributed by atoms with Gasteiger partial charge in [-0.25, -0.2) is 4.98 Å². The third-order valence-electron chi connectivity index (χ3n) is 4.21. The van der Waals surface area contributed by atoms with Gasteiger partial charge < -0.3 is 14.0 Å². The Morgan fingerprint density at radius 1 is 1.19 bits per heavy atom. The number of ether oxygens (including phenoxy) is 2. The highest BCUT2D eigenvalue weighted by molar-refractivity contribution is 5.59. The molecule has 134 valence electrons. The number of aryl methyl sites for hydroxylation is 2. The van der Waals surface area contributed by atoms with Crippen LogP contribution in [0.15, 0.2) is 41.1 Å². The minimum Gasteiger partial charge on any atom is -0.493 e. The molecule has 0 aliphatic carbocycles. The Balaban J connectivity index is 1.47. The van der Waals surface area contributed by atoms with Crippen LogP contribution in [0.4, 0.5) is 0 Å². The zero-order valence-corrected chi connectivity index (χ0v) is 14.9. The summed E-state index contributed by atoms with van der Waals surface area (Å²) >= 11 is 0. The number of hydrogen-bond donors (Lipinski definition) is 0. The molecule has 0 bridgehead atoms. The lowest BCUT2D eigenvalue weighted by Gasteiger charge is -2.10. The largest absolute Gasteiger partial charge is 0.493 e. The van der Waals surface area contributed by atoms with Gasteiger partial charge in [-0.2, -0.15) is 4.98 Å². The van der Waals surface area contributed by atoms with Gasteiger partial charge in [0, 0.05) is 19.0 Å². The van der Waals surface area contributed by atoms with Gasteiger partial charge in [0.2, 0.25) is 5.88 Å². The van der Waals surface area contributed by atoms with E-state index in [0.717, 1.165) is 30.8 Å². The first-order chi connectivity index (χ1) is 12.7. The molecule has 1 aliphatic heterocycles. The second-order valence-corrected chi connectivity index (χ2v) is 6.58. The monoisotopic (exact) mass is 351 g/mol. The van der Waals surface area contributed by atoms with Gasteiger partial charge in [-0.1, -0.05) is 17.3 Å². The quantitative estimate of drug-likeness (QED) is 0.675. The minimum absolute atomic E-state index is 0.0230. The molecule has 0 fully saturated rings. The topological polar surface area (TPSA) is 70.3 Å². The number of aromatic nitrogens is 3. The van der Waals surface area contributed by atoms with Gasteiger partial charge in [0.15, 0.2) is 5.82 Å². The standard InChI is InChI=1S/C20H21N3O3/c1-13(2)25-19-16(4-3-10-21-19)20-22-18(23-26-20)8-6-14-5-7-17-15(12-14)9-11-24-17/h3-5,7,10,12-13H,6,8-9,11H2,1-2H3. The summed E-state index contributed by atoms with van der Waals surface area (Å²) < 4.78 is 16.7. The Labute approximate surface area is 152 Å². The minimum atomic E-state index is 0.0230. The van der Waals surface area contributed by atoms with E-state index in [4.69, 9.17) is 14.0 Å². The maximum Gasteiger partial charge on any atom is 0.263 e. The van der Waals surface area contributed by atoms with E-state index >= 15 is 0 Å². The van der Waals surface area contributed by atoms with Crippen molar-refractivity contribution in [3.63, 3.8) is 0 Å². The Bertz CT molecular complexity index is 905. The molecule has 0 saturated heterocycles. The van der Waals surface area contributed by atoms with Gasteiger partial charge >= 0.3 is 0 Å². The van der Waals surface area contributed by atoms with E-state index in [-0.39, 0.29) is 6.10 Å². The van der Waals surface area contributed by atoms with Crippen molar-refractivity contribution in [2.75, 3.05) is 6.61 Å². The van der Waals surface area contributed by atoms with Crippen molar-refractivity contribution in [2.45, 2.75) is 39.2 Å². The molecular formula is C20H21N3O3. The van der Waals surface area contributed by atoms with Gasteiger partial charge in [0.25, 0.3) is 5.89 Å². The summed E-state index contributed by atoms with van der Waals surface area (Å²) in [5.74, 6) is 2.63. The van der Waals surface area contributed by atoms with E-state index in [1.165, 1.54) is 11.1 Å². The third-order valence-corrected chi connectivity index (χ3v) is 4.21. The van der Waals surface area contributed by atoms with E-state index in [1.54, 1.807) is 6.20 Å². The molecule has 0 saturated carbocycles. The molecule has 3 aromatic rings. The molecule has 1 aliphatic rings. The number of hydrogen-bond acceptors (Lipinski definition) is 6. The van der Waals surface area contributed by atoms with E-state index in [9.17, 15) is 0 Å². The van der Waals surface area contributed by atoms with Crippen LogP contribution in [0, 0.1) is 0 Å². The Hall–Kier alpha value is -2.89. The van der Waals surface area contributed by atoms with Crippen molar-refractivity contribution in [1.29, 1.82) is 0 Å². The second kappa shape index (κ2) is 7.15. The van der Waals surface area contributed by atoms with Crippen LogP contribution < -0.4 is 9.47 Å². The normalized spacial score (nSPS) is 12.9. The molecule has 6 heteroatoms. The molecule has 0 radical (unpaired) electrons. The molecule has 0 amide bonds. The summed E-state index contributed by atoms with van der Waals surface area (Å²) in [5.41, 5.74) is 3.25. The first kappa shape index (κ1) is 16.6. The molecule has 1 aromatic carbocycles. The van der Waals surface area contributed by atoms with Gasteiger partial charge in [0.05, 0.1) is 12.7 Å². The van der Waals surface area contributed by atoms with Crippen LogP contribution in [0.25, 0.3) is 11.5 Å². The fraction of sp³-hybridized carbons (Fsp3) is 0.350.